The lowest BCUT2D eigenvalue weighted by Crippen LogP contribution is -2.41. The van der Waals surface area contributed by atoms with Gasteiger partial charge in [0.25, 0.3) is 0 Å². The van der Waals surface area contributed by atoms with Crippen molar-refractivity contribution in [2.24, 2.45) is 5.84 Å². The molecule has 0 saturated heterocycles. The van der Waals surface area contributed by atoms with E-state index < -0.39 is 0 Å². The third-order valence-electron chi connectivity index (χ3n) is 3.38. The normalized spacial score (nSPS) is 13.5. The van der Waals surface area contributed by atoms with Gasteiger partial charge in [0.05, 0.1) is 16.8 Å². The summed E-state index contributed by atoms with van der Waals surface area (Å²) < 4.78 is 19.4. The first-order valence-corrected chi connectivity index (χ1v) is 6.71. The second-order valence-electron chi connectivity index (χ2n) is 4.96. The van der Waals surface area contributed by atoms with Gasteiger partial charge in [-0.05, 0) is 39.7 Å². The Kier molecular flexibility index (Phi) is 4.08. The molecule has 0 aliphatic rings. The van der Waals surface area contributed by atoms with Crippen molar-refractivity contribution in [2.45, 2.75) is 25.3 Å². The van der Waals surface area contributed by atoms with E-state index in [1.165, 1.54) is 12.1 Å². The molecule has 2 rings (SSSR count). The molecule has 0 spiro atoms. The van der Waals surface area contributed by atoms with Crippen LogP contribution in [-0.4, -0.2) is 0 Å². The zero-order valence-corrected chi connectivity index (χ0v) is 12.4. The molecule has 19 heavy (non-hydrogen) atoms. The second kappa shape index (κ2) is 5.45. The first-order valence-electron chi connectivity index (χ1n) is 5.92. The van der Waals surface area contributed by atoms with Gasteiger partial charge < -0.3 is 4.42 Å². The molecule has 0 aliphatic heterocycles. The van der Waals surface area contributed by atoms with E-state index in [1.807, 2.05) is 19.9 Å². The van der Waals surface area contributed by atoms with Crippen molar-refractivity contribution < 1.29 is 8.81 Å². The van der Waals surface area contributed by atoms with Crippen LogP contribution in [0.5, 0.6) is 0 Å². The van der Waals surface area contributed by atoms with Crippen molar-refractivity contribution in [3.8, 4) is 0 Å². The minimum Gasteiger partial charge on any atom is -0.466 e. The lowest BCUT2D eigenvalue weighted by atomic mass is 9.77. The number of nitrogens with one attached hydrogen (secondary N) is 1. The van der Waals surface area contributed by atoms with Crippen LogP contribution in [0.4, 0.5) is 4.39 Å². The summed E-state index contributed by atoms with van der Waals surface area (Å²) >= 11 is 3.44. The summed E-state index contributed by atoms with van der Waals surface area (Å²) in [6.45, 7) is 4.06. The molecule has 0 radical (unpaired) electrons. The van der Waals surface area contributed by atoms with Crippen LogP contribution in [0.15, 0.2) is 45.5 Å². The number of nitrogens with two attached hydrogens (primary N) is 1. The molecule has 1 heterocycles. The average molecular weight is 327 g/mol. The first-order chi connectivity index (χ1) is 8.96. The third-order valence-corrected chi connectivity index (χ3v) is 4.04. The van der Waals surface area contributed by atoms with Crippen molar-refractivity contribution in [1.82, 2.24) is 5.43 Å². The lowest BCUT2D eigenvalue weighted by molar-refractivity contribution is 0.298. The molecule has 0 amide bonds. The quantitative estimate of drug-likeness (QED) is 0.665. The Morgan fingerprint density at radius 2 is 1.89 bits per heavy atom. The molecule has 1 aromatic carbocycles. The summed E-state index contributed by atoms with van der Waals surface area (Å²) in [5.41, 5.74) is 3.40. The molecular formula is C14H16BrFN2O. The van der Waals surface area contributed by atoms with Crippen LogP contribution < -0.4 is 11.3 Å². The van der Waals surface area contributed by atoms with Gasteiger partial charge in [-0.1, -0.05) is 26.0 Å². The molecule has 3 N–H and O–H groups in total. The summed E-state index contributed by atoms with van der Waals surface area (Å²) in [6.07, 6.45) is 1.60. The van der Waals surface area contributed by atoms with Gasteiger partial charge in [0.2, 0.25) is 0 Å². The molecular weight excluding hydrogens is 311 g/mol. The van der Waals surface area contributed by atoms with Gasteiger partial charge in [-0.15, -0.1) is 0 Å². The van der Waals surface area contributed by atoms with E-state index in [0.29, 0.717) is 0 Å². The number of hydrogen-bond donors (Lipinski definition) is 2. The number of rotatable bonds is 4. The first kappa shape index (κ1) is 14.2. The molecule has 1 atom stereocenters. The highest BCUT2D eigenvalue weighted by atomic mass is 79.9. The third kappa shape index (κ3) is 2.73. The maximum atomic E-state index is 13.0. The van der Waals surface area contributed by atoms with Crippen molar-refractivity contribution in [3.05, 3.63) is 58.2 Å². The molecule has 1 unspecified atom stereocenters. The predicted octanol–water partition coefficient (Wildman–Crippen LogP) is 3.66. The average Bonchev–Trinajstić information content (AvgIpc) is 2.77. The summed E-state index contributed by atoms with van der Waals surface area (Å²) in [4.78, 5) is 0. The zero-order valence-electron chi connectivity index (χ0n) is 10.8. The van der Waals surface area contributed by atoms with E-state index >= 15 is 0 Å². The second-order valence-corrected chi connectivity index (χ2v) is 5.82. The van der Waals surface area contributed by atoms with E-state index in [4.69, 9.17) is 10.3 Å². The van der Waals surface area contributed by atoms with Crippen LogP contribution >= 0.6 is 15.9 Å². The lowest BCUT2D eigenvalue weighted by Gasteiger charge is -2.33. The van der Waals surface area contributed by atoms with Gasteiger partial charge in [-0.3, -0.25) is 5.84 Å². The van der Waals surface area contributed by atoms with Gasteiger partial charge in [0.1, 0.15) is 11.6 Å². The van der Waals surface area contributed by atoms with Crippen molar-refractivity contribution >= 4 is 15.9 Å². The predicted molar refractivity (Wildman–Crippen MR) is 75.9 cm³/mol. The van der Waals surface area contributed by atoms with E-state index in [1.54, 1.807) is 18.4 Å². The number of benzene rings is 1. The largest absolute Gasteiger partial charge is 0.466 e. The number of hydrazine groups is 1. The van der Waals surface area contributed by atoms with Crippen LogP contribution in [0.25, 0.3) is 0 Å². The summed E-state index contributed by atoms with van der Waals surface area (Å²) in [5.74, 6) is 6.15. The van der Waals surface area contributed by atoms with Crippen LogP contribution in [0.2, 0.25) is 0 Å². The maximum Gasteiger partial charge on any atom is 0.137 e. The zero-order chi connectivity index (χ0) is 14.0. The molecule has 2 aromatic rings. The van der Waals surface area contributed by atoms with Gasteiger partial charge in [-0.25, -0.2) is 9.82 Å². The van der Waals surface area contributed by atoms with Crippen LogP contribution in [0, 0.1) is 5.82 Å². The Balaban J connectivity index is 2.41. The Bertz CT molecular complexity index is 551. The van der Waals surface area contributed by atoms with Crippen LogP contribution in [0.1, 0.15) is 31.2 Å². The maximum absolute atomic E-state index is 13.0. The van der Waals surface area contributed by atoms with Gasteiger partial charge in [-0.2, -0.15) is 0 Å². The topological polar surface area (TPSA) is 51.2 Å². The smallest absolute Gasteiger partial charge is 0.137 e. The fourth-order valence-corrected chi connectivity index (χ4v) is 2.60. The minimum absolute atomic E-state index is 0.234. The number of halogens is 2. The molecule has 102 valence electrons. The van der Waals surface area contributed by atoms with E-state index in [9.17, 15) is 4.39 Å². The fraction of sp³-hybridized carbons (Fsp3) is 0.286. The Labute approximate surface area is 120 Å². The Morgan fingerprint density at radius 1 is 1.26 bits per heavy atom. The van der Waals surface area contributed by atoms with Crippen molar-refractivity contribution in [2.75, 3.05) is 0 Å². The van der Waals surface area contributed by atoms with Gasteiger partial charge in [0, 0.05) is 5.41 Å². The SMILES string of the molecule is CC(C)(c1ccc(F)cc1)C(NN)c1occc1Br. The highest BCUT2D eigenvalue weighted by Gasteiger charge is 2.35. The Hall–Kier alpha value is -1.17. The summed E-state index contributed by atoms with van der Waals surface area (Å²) in [6, 6.07) is 8.00. The molecule has 0 aliphatic carbocycles. The summed E-state index contributed by atoms with van der Waals surface area (Å²) in [7, 11) is 0. The van der Waals surface area contributed by atoms with E-state index in [2.05, 4.69) is 21.4 Å². The fourth-order valence-electron chi connectivity index (χ4n) is 2.17. The van der Waals surface area contributed by atoms with Gasteiger partial charge in [0.15, 0.2) is 0 Å². The number of hydrogen-bond acceptors (Lipinski definition) is 3. The Morgan fingerprint density at radius 3 is 2.37 bits per heavy atom. The molecule has 0 bridgehead atoms. The monoisotopic (exact) mass is 326 g/mol. The summed E-state index contributed by atoms with van der Waals surface area (Å²) in [5, 5.41) is 0. The molecule has 0 fully saturated rings. The highest BCUT2D eigenvalue weighted by Crippen LogP contribution is 2.39. The standard InChI is InChI=1S/C14H16BrFN2O/c1-14(2,9-3-5-10(16)6-4-9)13(18-17)12-11(15)7-8-19-12/h3-8,13,18H,17H2,1-2H3. The molecule has 3 nitrogen and oxygen atoms in total. The molecule has 5 heteroatoms. The van der Waals surface area contributed by atoms with E-state index in [0.717, 1.165) is 15.8 Å². The van der Waals surface area contributed by atoms with Crippen molar-refractivity contribution in [3.63, 3.8) is 0 Å². The van der Waals surface area contributed by atoms with E-state index in [-0.39, 0.29) is 17.3 Å². The van der Waals surface area contributed by atoms with Gasteiger partial charge >= 0.3 is 0 Å². The molecule has 0 saturated carbocycles. The molecule has 1 aromatic heterocycles. The minimum atomic E-state index is -0.358. The highest BCUT2D eigenvalue weighted by molar-refractivity contribution is 9.10. The number of furan rings is 1. The van der Waals surface area contributed by atoms with Crippen LogP contribution in [0.3, 0.4) is 0 Å². The van der Waals surface area contributed by atoms with Crippen molar-refractivity contribution in [1.29, 1.82) is 0 Å². The van der Waals surface area contributed by atoms with Crippen LogP contribution in [-0.2, 0) is 5.41 Å².